The zero-order chi connectivity index (χ0) is 24.8. The van der Waals surface area contributed by atoms with Crippen molar-refractivity contribution in [1.29, 1.82) is 5.41 Å². The van der Waals surface area contributed by atoms with Crippen LogP contribution in [0.5, 0.6) is 0 Å². The van der Waals surface area contributed by atoms with E-state index in [1.165, 1.54) is 30.6 Å². The second-order valence-corrected chi connectivity index (χ2v) is 8.22. The molecule has 1 unspecified atom stereocenters. The van der Waals surface area contributed by atoms with Crippen LogP contribution < -0.4 is 11.1 Å². The Labute approximate surface area is 193 Å². The van der Waals surface area contributed by atoms with Crippen molar-refractivity contribution >= 4 is 29.1 Å². The van der Waals surface area contributed by atoms with Gasteiger partial charge in [-0.15, -0.1) is 0 Å². The molecule has 11 nitrogen and oxygen atoms in total. The standard InChI is InChI=1S/C20H25N7O4.C2H6/c1-20(2,3)31-19(28)26-9-8-13(10-26)25-18-15(17(22)23-11-24-18)16(21)12-4-6-14(7-5-12)27(29)30;1-2/h4-7,11,13,21H,8-10H2,1-3H3,(H3,22,23,24,25);1-2H3. The van der Waals surface area contributed by atoms with Crippen LogP contribution >= 0.6 is 0 Å². The van der Waals surface area contributed by atoms with Crippen LogP contribution in [0.1, 0.15) is 52.2 Å². The summed E-state index contributed by atoms with van der Waals surface area (Å²) < 4.78 is 5.42. The van der Waals surface area contributed by atoms with Gasteiger partial charge >= 0.3 is 6.09 Å². The van der Waals surface area contributed by atoms with Crippen LogP contribution in [-0.4, -0.2) is 56.3 Å². The quantitative estimate of drug-likeness (QED) is 0.347. The summed E-state index contributed by atoms with van der Waals surface area (Å²) in [6.07, 6.45) is 1.59. The molecule has 1 atom stereocenters. The van der Waals surface area contributed by atoms with E-state index in [4.69, 9.17) is 15.9 Å². The number of benzene rings is 1. The second-order valence-electron chi connectivity index (χ2n) is 8.22. The Bertz CT molecular complexity index is 1000. The lowest BCUT2D eigenvalue weighted by molar-refractivity contribution is -0.384. The number of non-ortho nitro benzene ring substituents is 1. The van der Waals surface area contributed by atoms with Gasteiger partial charge in [-0.1, -0.05) is 13.8 Å². The first-order valence-corrected chi connectivity index (χ1v) is 10.7. The minimum absolute atomic E-state index is 0.0393. The Morgan fingerprint density at radius 1 is 1.27 bits per heavy atom. The van der Waals surface area contributed by atoms with Gasteiger partial charge in [0.1, 0.15) is 23.6 Å². The van der Waals surface area contributed by atoms with Crippen LogP contribution in [0.15, 0.2) is 30.6 Å². The Morgan fingerprint density at radius 2 is 1.91 bits per heavy atom. The predicted molar refractivity (Wildman–Crippen MR) is 127 cm³/mol. The molecule has 178 valence electrons. The molecule has 11 heteroatoms. The van der Waals surface area contributed by atoms with E-state index in [1.54, 1.807) is 4.90 Å². The molecule has 1 amide bonds. The fourth-order valence-corrected chi connectivity index (χ4v) is 3.21. The number of hydrogen-bond donors (Lipinski definition) is 3. The van der Waals surface area contributed by atoms with Crippen molar-refractivity contribution in [3.63, 3.8) is 0 Å². The van der Waals surface area contributed by atoms with E-state index in [0.29, 0.717) is 36.5 Å². The molecule has 4 N–H and O–H groups in total. The molecule has 0 aliphatic carbocycles. The van der Waals surface area contributed by atoms with E-state index in [0.717, 1.165) is 0 Å². The highest BCUT2D eigenvalue weighted by Crippen LogP contribution is 2.25. The number of likely N-dealkylation sites (tertiary alicyclic amines) is 1. The van der Waals surface area contributed by atoms with Gasteiger partial charge in [-0.25, -0.2) is 14.8 Å². The third-order valence-corrected chi connectivity index (χ3v) is 4.67. The summed E-state index contributed by atoms with van der Waals surface area (Å²) in [5, 5.41) is 22.7. The summed E-state index contributed by atoms with van der Waals surface area (Å²) in [5.41, 5.74) is 6.17. The van der Waals surface area contributed by atoms with Gasteiger partial charge in [0.25, 0.3) is 5.69 Å². The lowest BCUT2D eigenvalue weighted by Gasteiger charge is -2.24. The summed E-state index contributed by atoms with van der Waals surface area (Å²) in [7, 11) is 0. The zero-order valence-electron chi connectivity index (χ0n) is 19.6. The van der Waals surface area contributed by atoms with Crippen molar-refractivity contribution in [2.45, 2.75) is 52.7 Å². The number of nitro benzene ring substituents is 1. The number of ether oxygens (including phenoxy) is 1. The highest BCUT2D eigenvalue weighted by Gasteiger charge is 2.31. The van der Waals surface area contributed by atoms with Gasteiger partial charge in [-0.3, -0.25) is 15.5 Å². The zero-order valence-corrected chi connectivity index (χ0v) is 19.6. The molecule has 1 aliphatic heterocycles. The number of carbonyl (C=O) groups excluding carboxylic acids is 1. The number of hydrogen-bond acceptors (Lipinski definition) is 9. The maximum atomic E-state index is 12.3. The average Bonchev–Trinajstić information content (AvgIpc) is 3.22. The largest absolute Gasteiger partial charge is 0.444 e. The maximum absolute atomic E-state index is 12.3. The number of nitro groups is 1. The van der Waals surface area contributed by atoms with Gasteiger partial charge in [0, 0.05) is 36.8 Å². The molecule has 1 aromatic heterocycles. The number of nitrogens with two attached hydrogens (primary N) is 1. The Hall–Kier alpha value is -3.76. The van der Waals surface area contributed by atoms with E-state index >= 15 is 0 Å². The topological polar surface area (TPSA) is 160 Å². The van der Waals surface area contributed by atoms with Crippen molar-refractivity contribution in [2.24, 2.45) is 0 Å². The van der Waals surface area contributed by atoms with E-state index in [9.17, 15) is 14.9 Å². The summed E-state index contributed by atoms with van der Waals surface area (Å²) in [4.78, 5) is 32.5. The molecule has 33 heavy (non-hydrogen) atoms. The molecule has 1 aromatic carbocycles. The molecule has 0 saturated carbocycles. The first-order chi connectivity index (χ1) is 15.5. The average molecular weight is 458 g/mol. The van der Waals surface area contributed by atoms with Gasteiger partial charge in [0.15, 0.2) is 0 Å². The van der Waals surface area contributed by atoms with Crippen LogP contribution in [0.3, 0.4) is 0 Å². The SMILES string of the molecule is CC.CC(C)(C)OC(=O)N1CCC(Nc2ncnc(N)c2C(=N)c2ccc([N+](=O)[O-])cc2)C1. The van der Waals surface area contributed by atoms with Crippen LogP contribution in [0.25, 0.3) is 0 Å². The molecule has 0 spiro atoms. The number of anilines is 2. The first kappa shape index (κ1) is 25.5. The lowest BCUT2D eigenvalue weighted by Crippen LogP contribution is -2.36. The van der Waals surface area contributed by atoms with Crippen molar-refractivity contribution in [2.75, 3.05) is 24.1 Å². The summed E-state index contributed by atoms with van der Waals surface area (Å²) in [6.45, 7) is 10.4. The van der Waals surface area contributed by atoms with Crippen molar-refractivity contribution in [3.8, 4) is 0 Å². The van der Waals surface area contributed by atoms with Gasteiger partial charge in [-0.05, 0) is 39.3 Å². The van der Waals surface area contributed by atoms with Crippen LogP contribution in [0, 0.1) is 15.5 Å². The molecule has 1 fully saturated rings. The van der Waals surface area contributed by atoms with E-state index in [2.05, 4.69) is 15.3 Å². The number of nitrogen functional groups attached to an aromatic ring is 1. The van der Waals surface area contributed by atoms with E-state index < -0.39 is 10.5 Å². The van der Waals surface area contributed by atoms with Crippen LogP contribution in [0.2, 0.25) is 0 Å². The van der Waals surface area contributed by atoms with E-state index in [1.807, 2.05) is 34.6 Å². The molecular formula is C22H31N7O4. The number of rotatable bonds is 5. The molecular weight excluding hydrogens is 426 g/mol. The molecule has 1 saturated heterocycles. The maximum Gasteiger partial charge on any atom is 0.410 e. The minimum atomic E-state index is -0.573. The fraction of sp³-hybridized carbons (Fsp3) is 0.455. The number of carbonyl (C=O) groups is 1. The Balaban J connectivity index is 0.00000187. The van der Waals surface area contributed by atoms with Gasteiger partial charge < -0.3 is 20.7 Å². The molecule has 3 rings (SSSR count). The highest BCUT2D eigenvalue weighted by atomic mass is 16.6. The van der Waals surface area contributed by atoms with Crippen molar-refractivity contribution in [3.05, 3.63) is 51.8 Å². The third kappa shape index (κ3) is 6.61. The summed E-state index contributed by atoms with van der Waals surface area (Å²) in [6, 6.07) is 5.51. The van der Waals surface area contributed by atoms with E-state index in [-0.39, 0.29) is 29.4 Å². The minimum Gasteiger partial charge on any atom is -0.444 e. The van der Waals surface area contributed by atoms with Gasteiger partial charge in [0.05, 0.1) is 16.2 Å². The fourth-order valence-electron chi connectivity index (χ4n) is 3.21. The number of nitrogens with one attached hydrogen (secondary N) is 2. The third-order valence-electron chi connectivity index (χ3n) is 4.67. The normalized spacial score (nSPS) is 15.3. The first-order valence-electron chi connectivity index (χ1n) is 10.7. The lowest BCUT2D eigenvalue weighted by atomic mass is 10.0. The van der Waals surface area contributed by atoms with Crippen LogP contribution in [0.4, 0.5) is 22.1 Å². The number of aromatic nitrogens is 2. The Morgan fingerprint density at radius 3 is 2.48 bits per heavy atom. The van der Waals surface area contributed by atoms with Crippen LogP contribution in [-0.2, 0) is 4.74 Å². The van der Waals surface area contributed by atoms with Gasteiger partial charge in [-0.2, -0.15) is 0 Å². The Kier molecular flexibility index (Phi) is 8.27. The summed E-state index contributed by atoms with van der Waals surface area (Å²) >= 11 is 0. The molecule has 1 aliphatic rings. The molecule has 2 heterocycles. The van der Waals surface area contributed by atoms with Gasteiger partial charge in [0.2, 0.25) is 0 Å². The molecule has 0 bridgehead atoms. The number of amides is 1. The van der Waals surface area contributed by atoms with Crippen molar-refractivity contribution in [1.82, 2.24) is 14.9 Å². The molecule has 2 aromatic rings. The second kappa shape index (κ2) is 10.7. The van der Waals surface area contributed by atoms with Crippen molar-refractivity contribution < 1.29 is 14.5 Å². The smallest absolute Gasteiger partial charge is 0.410 e. The monoisotopic (exact) mass is 457 g/mol. The number of nitrogens with zero attached hydrogens (tertiary/aromatic N) is 4. The summed E-state index contributed by atoms with van der Waals surface area (Å²) in [5.74, 6) is 0.481. The highest BCUT2D eigenvalue weighted by molar-refractivity contribution is 6.16. The predicted octanol–water partition coefficient (Wildman–Crippen LogP) is 3.83. The molecule has 0 radical (unpaired) electrons.